The molecule has 170 valence electrons. The third-order valence-corrected chi connectivity index (χ3v) is 7.57. The molecular formula is C22H22ClFN2O4S2. The standard InChI is InChI=1S/C22H22ClFN2O4S2/c23-20-14-17(9-10-21(20)24)26(32(28,29)19-7-2-1-3-8-19)15-22(27)25-11-5-13-31-16-18-6-4-12-30-18/h1-4,6-10,12,14H,5,11,13,15-16H2,(H,25,27). The zero-order valence-corrected chi connectivity index (χ0v) is 19.4. The van der Waals surface area contributed by atoms with E-state index in [1.807, 2.05) is 12.1 Å². The Morgan fingerprint density at radius 1 is 1.12 bits per heavy atom. The second kappa shape index (κ2) is 11.4. The number of sulfonamides is 1. The summed E-state index contributed by atoms with van der Waals surface area (Å²) in [4.78, 5) is 12.5. The van der Waals surface area contributed by atoms with E-state index in [0.29, 0.717) is 13.0 Å². The Balaban J connectivity index is 1.63. The zero-order valence-electron chi connectivity index (χ0n) is 17.0. The Morgan fingerprint density at radius 2 is 1.91 bits per heavy atom. The summed E-state index contributed by atoms with van der Waals surface area (Å²) < 4.78 is 46.2. The van der Waals surface area contributed by atoms with Gasteiger partial charge >= 0.3 is 0 Å². The van der Waals surface area contributed by atoms with Crippen molar-refractivity contribution in [3.63, 3.8) is 0 Å². The number of rotatable bonds is 11. The van der Waals surface area contributed by atoms with E-state index in [-0.39, 0.29) is 15.6 Å². The molecule has 0 aliphatic carbocycles. The number of anilines is 1. The molecule has 0 aliphatic heterocycles. The van der Waals surface area contributed by atoms with Gasteiger partial charge in [0, 0.05) is 6.54 Å². The van der Waals surface area contributed by atoms with Crippen LogP contribution in [0.2, 0.25) is 5.02 Å². The molecule has 3 rings (SSSR count). The summed E-state index contributed by atoms with van der Waals surface area (Å²) >= 11 is 7.53. The highest BCUT2D eigenvalue weighted by Gasteiger charge is 2.27. The van der Waals surface area contributed by atoms with Crippen LogP contribution in [-0.4, -0.2) is 33.2 Å². The predicted octanol–water partition coefficient (Wildman–Crippen LogP) is 4.71. The third-order valence-electron chi connectivity index (χ3n) is 4.42. The van der Waals surface area contributed by atoms with E-state index in [1.54, 1.807) is 36.2 Å². The average Bonchev–Trinajstić information content (AvgIpc) is 3.30. The Morgan fingerprint density at radius 3 is 2.59 bits per heavy atom. The Kier molecular flexibility index (Phi) is 8.60. The van der Waals surface area contributed by atoms with Crippen LogP contribution in [0.1, 0.15) is 12.2 Å². The first-order chi connectivity index (χ1) is 15.4. The molecule has 2 aromatic carbocycles. The van der Waals surface area contributed by atoms with E-state index in [9.17, 15) is 17.6 Å². The van der Waals surface area contributed by atoms with Gasteiger partial charge in [-0.2, -0.15) is 11.8 Å². The van der Waals surface area contributed by atoms with Crippen LogP contribution < -0.4 is 9.62 Å². The molecule has 0 saturated heterocycles. The molecule has 1 amide bonds. The van der Waals surface area contributed by atoms with Gasteiger partial charge in [0.05, 0.1) is 27.6 Å². The van der Waals surface area contributed by atoms with Gasteiger partial charge < -0.3 is 9.73 Å². The van der Waals surface area contributed by atoms with Crippen molar-refractivity contribution in [2.24, 2.45) is 0 Å². The molecule has 0 fully saturated rings. The summed E-state index contributed by atoms with van der Waals surface area (Å²) in [6.45, 7) is -0.0634. The van der Waals surface area contributed by atoms with Gasteiger partial charge in [0.25, 0.3) is 10.0 Å². The van der Waals surface area contributed by atoms with E-state index >= 15 is 0 Å². The lowest BCUT2D eigenvalue weighted by molar-refractivity contribution is -0.119. The van der Waals surface area contributed by atoms with E-state index in [2.05, 4.69) is 5.32 Å². The smallest absolute Gasteiger partial charge is 0.264 e. The summed E-state index contributed by atoms with van der Waals surface area (Å²) in [6, 6.07) is 15.0. The fourth-order valence-electron chi connectivity index (χ4n) is 2.83. The third kappa shape index (κ3) is 6.51. The molecule has 1 heterocycles. The first-order valence-electron chi connectivity index (χ1n) is 9.77. The highest BCUT2D eigenvalue weighted by Crippen LogP contribution is 2.27. The van der Waals surface area contributed by atoms with Gasteiger partial charge in [-0.15, -0.1) is 0 Å². The minimum atomic E-state index is -4.07. The Bertz CT molecular complexity index is 1130. The summed E-state index contributed by atoms with van der Waals surface area (Å²) in [5, 5.41) is 2.51. The van der Waals surface area contributed by atoms with Crippen molar-refractivity contribution in [3.05, 3.63) is 83.5 Å². The van der Waals surface area contributed by atoms with Gasteiger partial charge in [-0.05, 0) is 54.6 Å². The Hall–Kier alpha value is -2.49. The lowest BCUT2D eigenvalue weighted by atomic mass is 10.3. The van der Waals surface area contributed by atoms with Crippen LogP contribution in [-0.2, 0) is 20.6 Å². The second-order valence-electron chi connectivity index (χ2n) is 6.76. The lowest BCUT2D eigenvalue weighted by Crippen LogP contribution is -2.41. The van der Waals surface area contributed by atoms with Gasteiger partial charge in [0.1, 0.15) is 18.1 Å². The maximum atomic E-state index is 13.6. The topological polar surface area (TPSA) is 79.6 Å². The van der Waals surface area contributed by atoms with E-state index < -0.39 is 28.3 Å². The van der Waals surface area contributed by atoms with E-state index in [0.717, 1.165) is 27.6 Å². The Labute approximate surface area is 195 Å². The van der Waals surface area contributed by atoms with Gasteiger partial charge in [-0.1, -0.05) is 29.8 Å². The zero-order chi connectivity index (χ0) is 23.0. The fourth-order valence-corrected chi connectivity index (χ4v) is 5.30. The number of hydrogen-bond acceptors (Lipinski definition) is 5. The molecule has 32 heavy (non-hydrogen) atoms. The minimum absolute atomic E-state index is 0.0163. The number of furan rings is 1. The van der Waals surface area contributed by atoms with Crippen molar-refractivity contribution in [2.75, 3.05) is 23.1 Å². The van der Waals surface area contributed by atoms with Gasteiger partial charge in [-0.3, -0.25) is 9.10 Å². The molecule has 3 aromatic rings. The van der Waals surface area contributed by atoms with E-state index in [4.69, 9.17) is 16.0 Å². The number of thioether (sulfide) groups is 1. The largest absolute Gasteiger partial charge is 0.468 e. The first kappa shape index (κ1) is 24.2. The maximum Gasteiger partial charge on any atom is 0.264 e. The van der Waals surface area contributed by atoms with Crippen molar-refractivity contribution in [1.29, 1.82) is 0 Å². The lowest BCUT2D eigenvalue weighted by Gasteiger charge is -2.24. The highest BCUT2D eigenvalue weighted by molar-refractivity contribution is 7.98. The predicted molar refractivity (Wildman–Crippen MR) is 125 cm³/mol. The molecule has 10 heteroatoms. The average molecular weight is 497 g/mol. The highest BCUT2D eigenvalue weighted by atomic mass is 35.5. The van der Waals surface area contributed by atoms with Crippen molar-refractivity contribution >= 4 is 45.0 Å². The van der Waals surface area contributed by atoms with Crippen LogP contribution in [0.4, 0.5) is 10.1 Å². The van der Waals surface area contributed by atoms with Gasteiger partial charge in [-0.25, -0.2) is 12.8 Å². The summed E-state index contributed by atoms with van der Waals surface area (Å²) in [5.74, 6) is 1.29. The molecular weight excluding hydrogens is 475 g/mol. The number of benzene rings is 2. The molecule has 1 N–H and O–H groups in total. The van der Waals surface area contributed by atoms with Crippen molar-refractivity contribution < 1.29 is 22.0 Å². The number of hydrogen-bond donors (Lipinski definition) is 1. The van der Waals surface area contributed by atoms with Gasteiger partial charge in [0.2, 0.25) is 5.91 Å². The fraction of sp³-hybridized carbons (Fsp3) is 0.227. The SMILES string of the molecule is O=C(CN(c1ccc(F)c(Cl)c1)S(=O)(=O)c1ccccc1)NCCCSCc1ccco1. The minimum Gasteiger partial charge on any atom is -0.468 e. The number of nitrogens with zero attached hydrogens (tertiary/aromatic N) is 1. The number of halogens is 2. The van der Waals surface area contributed by atoms with Crippen LogP contribution in [0.15, 0.2) is 76.2 Å². The molecule has 1 aromatic heterocycles. The number of carbonyl (C=O) groups is 1. The molecule has 0 saturated carbocycles. The number of amides is 1. The normalized spacial score (nSPS) is 11.3. The number of nitrogens with one attached hydrogen (secondary N) is 1. The maximum absolute atomic E-state index is 13.6. The number of carbonyl (C=O) groups excluding carboxylic acids is 1. The molecule has 0 unspecified atom stereocenters. The van der Waals surface area contributed by atoms with Gasteiger partial charge in [0.15, 0.2) is 0 Å². The summed E-state index contributed by atoms with van der Waals surface area (Å²) in [5.41, 5.74) is 0.101. The van der Waals surface area contributed by atoms with Crippen LogP contribution in [0.5, 0.6) is 0 Å². The molecule has 0 aliphatic rings. The van der Waals surface area contributed by atoms with Crippen LogP contribution in [0, 0.1) is 5.82 Å². The van der Waals surface area contributed by atoms with Crippen LogP contribution in [0.3, 0.4) is 0 Å². The molecule has 6 nitrogen and oxygen atoms in total. The quantitative estimate of drug-likeness (QED) is 0.389. The van der Waals surface area contributed by atoms with Crippen molar-refractivity contribution in [1.82, 2.24) is 5.32 Å². The first-order valence-corrected chi connectivity index (χ1v) is 12.7. The van der Waals surface area contributed by atoms with E-state index in [1.165, 1.54) is 24.3 Å². The second-order valence-corrected chi connectivity index (χ2v) is 10.1. The summed E-state index contributed by atoms with van der Waals surface area (Å²) in [6.07, 6.45) is 2.34. The van der Waals surface area contributed by atoms with Crippen LogP contribution in [0.25, 0.3) is 0 Å². The molecule has 0 bridgehead atoms. The van der Waals surface area contributed by atoms with Crippen LogP contribution >= 0.6 is 23.4 Å². The molecule has 0 spiro atoms. The monoisotopic (exact) mass is 496 g/mol. The molecule has 0 atom stereocenters. The summed E-state index contributed by atoms with van der Waals surface area (Å²) in [7, 11) is -4.07. The molecule has 0 radical (unpaired) electrons. The van der Waals surface area contributed by atoms with Crippen molar-refractivity contribution in [3.8, 4) is 0 Å². The van der Waals surface area contributed by atoms with Crippen molar-refractivity contribution in [2.45, 2.75) is 17.1 Å².